The van der Waals surface area contributed by atoms with Gasteiger partial charge in [-0.2, -0.15) is 34.4 Å². The number of hydrogen-bond acceptors (Lipinski definition) is 11. The smallest absolute Gasteiger partial charge is 0.358 e. The molecule has 5 aliphatic rings. The molecule has 19 heteroatoms. The van der Waals surface area contributed by atoms with E-state index in [0.717, 1.165) is 55.2 Å². The second kappa shape index (κ2) is 10.8. The molecule has 5 aromatic rings. The van der Waals surface area contributed by atoms with Crippen molar-refractivity contribution >= 4 is 31.8 Å². The maximum Gasteiger partial charge on any atom is 0.485 e. The van der Waals surface area contributed by atoms with E-state index in [2.05, 4.69) is 29.2 Å². The van der Waals surface area contributed by atoms with E-state index < -0.39 is 55.6 Å². The van der Waals surface area contributed by atoms with Crippen molar-refractivity contribution in [3.8, 4) is 39.3 Å². The van der Waals surface area contributed by atoms with Crippen LogP contribution in [0.5, 0.6) is 5.75 Å². The molecule has 13 nitrogen and oxygen atoms in total. The number of nitrogens with one attached hydrogen (secondary N) is 3. The van der Waals surface area contributed by atoms with Crippen LogP contribution in [0.3, 0.4) is 0 Å². The van der Waals surface area contributed by atoms with E-state index in [1.54, 1.807) is 6.07 Å². The van der Waals surface area contributed by atoms with Crippen molar-refractivity contribution in [3.05, 3.63) is 77.5 Å². The van der Waals surface area contributed by atoms with Crippen molar-refractivity contribution in [2.75, 3.05) is 13.1 Å². The second-order valence-electron chi connectivity index (χ2n) is 14.3. The van der Waals surface area contributed by atoms with E-state index in [1.165, 1.54) is 30.5 Å². The highest BCUT2D eigenvalue weighted by atomic mass is 32.3. The molecule has 3 aliphatic heterocycles. The van der Waals surface area contributed by atoms with Gasteiger partial charge in [-0.25, -0.2) is 9.97 Å². The van der Waals surface area contributed by atoms with Gasteiger partial charge in [0.15, 0.2) is 11.6 Å². The molecule has 2 saturated heterocycles. The maximum absolute atomic E-state index is 16.1. The number of fused-ring (bicyclic) bond motifs is 3. The summed E-state index contributed by atoms with van der Waals surface area (Å²) in [4.78, 5) is 12.1. The first-order valence-electron chi connectivity index (χ1n) is 16.9. The normalized spacial score (nSPS) is 25.2. The van der Waals surface area contributed by atoms with Crippen LogP contribution in [0.2, 0.25) is 0 Å². The number of imidazole rings is 2. The highest BCUT2D eigenvalue weighted by Crippen LogP contribution is 2.59. The topological polar surface area (TPSA) is 167 Å². The van der Waals surface area contributed by atoms with Crippen LogP contribution in [0.25, 0.3) is 44.5 Å². The van der Waals surface area contributed by atoms with Crippen LogP contribution in [0, 0.1) is 5.41 Å². The van der Waals surface area contributed by atoms with Crippen LogP contribution in [-0.2, 0) is 36.3 Å². The van der Waals surface area contributed by atoms with E-state index >= 15 is 17.6 Å². The molecule has 5 heterocycles. The number of aromatic nitrogens is 4. The molecule has 276 valence electrons. The van der Waals surface area contributed by atoms with Crippen LogP contribution in [-0.4, -0.2) is 49.6 Å². The van der Waals surface area contributed by atoms with Crippen molar-refractivity contribution in [1.82, 2.24) is 30.3 Å². The van der Waals surface area contributed by atoms with Gasteiger partial charge < -0.3 is 19.8 Å². The van der Waals surface area contributed by atoms with Crippen molar-refractivity contribution < 1.29 is 46.5 Å². The molecule has 3 fully saturated rings. The fraction of sp³-hybridized carbons (Fsp3) is 0.353. The summed E-state index contributed by atoms with van der Waals surface area (Å²) >= 11 is 0. The lowest BCUT2D eigenvalue weighted by Gasteiger charge is -2.35. The van der Waals surface area contributed by atoms with Crippen molar-refractivity contribution in [1.29, 1.82) is 0 Å². The predicted octanol–water partition coefficient (Wildman–Crippen LogP) is 5.52. The third kappa shape index (κ3) is 5.11. The molecule has 10 rings (SSSR count). The summed E-state index contributed by atoms with van der Waals surface area (Å²) in [6.07, 6.45) is 5.99. The van der Waals surface area contributed by atoms with Gasteiger partial charge in [-0.05, 0) is 90.6 Å². The Morgan fingerprint density at radius 1 is 0.830 bits per heavy atom. The Balaban J connectivity index is 1.07. The van der Waals surface area contributed by atoms with Crippen LogP contribution in [0.4, 0.5) is 17.6 Å². The minimum Gasteiger partial charge on any atom is -0.358 e. The molecular formula is C34H28F4N6O7S2. The van der Waals surface area contributed by atoms with Gasteiger partial charge in [0.1, 0.15) is 16.9 Å². The van der Waals surface area contributed by atoms with Crippen LogP contribution >= 0.6 is 0 Å². The molecule has 2 aromatic heterocycles. The van der Waals surface area contributed by atoms with Gasteiger partial charge in [0.05, 0.1) is 24.0 Å². The second-order valence-corrected chi connectivity index (χ2v) is 16.8. The molecular weight excluding hydrogens is 745 g/mol. The third-order valence-corrected chi connectivity index (χ3v) is 12.9. The molecule has 4 bridgehead atoms. The van der Waals surface area contributed by atoms with Crippen LogP contribution in [0.15, 0.2) is 54.7 Å². The predicted molar refractivity (Wildman–Crippen MR) is 179 cm³/mol. The number of hydrogen-bond donors (Lipinski definition) is 3. The minimum atomic E-state index is -5.28. The Morgan fingerprint density at radius 2 is 1.55 bits per heavy atom. The Morgan fingerprint density at radius 3 is 2.23 bits per heavy atom. The standard InChI is InChI=1S/C34H28F4N6O7S2/c35-33(36)22-10-17(19-12-27-29-28(13-19)49-52(45,46)51-53(47,48)50-44(27)31(43-29)24-2-1-9-39-24)3-5-20(22)21-6-4-18(11-23(21)34(33,37)38)26-15-40-30(42-26)25-14-32(7-8-32)16-41-25/h3-6,10-13,15,24-25,39,41H,1-2,7-9,14,16H2,(H,40,42)/t24-,25-/m0/s1. The van der Waals surface area contributed by atoms with E-state index in [0.29, 0.717) is 29.9 Å². The number of halogens is 4. The van der Waals surface area contributed by atoms with Gasteiger partial charge >= 0.3 is 32.6 Å². The van der Waals surface area contributed by atoms with E-state index in [9.17, 15) is 16.8 Å². The SMILES string of the molecule is O=S1(=O)Oc2cc(-c3ccc4c(c3)C(F)(F)C(F)(F)c3cc(-c5cnc([C@@H]6CC7(CC7)CN6)[nH]5)ccc3-4)cc3c2nc([C@@H]2CCCN2)n3OS(=O)(=O)O1. The highest BCUT2D eigenvalue weighted by molar-refractivity contribution is 7.95. The van der Waals surface area contributed by atoms with Crippen molar-refractivity contribution in [3.63, 3.8) is 0 Å². The summed E-state index contributed by atoms with van der Waals surface area (Å²) in [5, 5.41) is 6.60. The first-order chi connectivity index (χ1) is 25.1. The molecule has 3 aromatic carbocycles. The summed E-state index contributed by atoms with van der Waals surface area (Å²) in [6.45, 7) is 1.47. The monoisotopic (exact) mass is 772 g/mol. The molecule has 1 spiro atoms. The Labute approximate surface area is 299 Å². The van der Waals surface area contributed by atoms with Crippen LogP contribution in [0.1, 0.15) is 67.0 Å². The van der Waals surface area contributed by atoms with Gasteiger partial charge in [-0.3, -0.25) is 4.28 Å². The maximum atomic E-state index is 16.1. The molecule has 0 unspecified atom stereocenters. The summed E-state index contributed by atoms with van der Waals surface area (Å²) in [6, 6.07) is 9.55. The lowest BCUT2D eigenvalue weighted by Crippen LogP contribution is -2.39. The first kappa shape index (κ1) is 33.0. The molecule has 2 atom stereocenters. The van der Waals surface area contributed by atoms with Gasteiger partial charge in [0.25, 0.3) is 0 Å². The average Bonchev–Trinajstić information content (AvgIpc) is 3.60. The largest absolute Gasteiger partial charge is 0.485 e. The minimum absolute atomic E-state index is 0.00317. The van der Waals surface area contributed by atoms with E-state index in [1.807, 2.05) is 0 Å². The lowest BCUT2D eigenvalue weighted by atomic mass is 9.78. The molecule has 53 heavy (non-hydrogen) atoms. The fourth-order valence-electron chi connectivity index (χ4n) is 8.00. The summed E-state index contributed by atoms with van der Waals surface area (Å²) < 4.78 is 130. The van der Waals surface area contributed by atoms with Gasteiger partial charge in [0.2, 0.25) is 0 Å². The molecule has 1 saturated carbocycles. The zero-order valence-corrected chi connectivity index (χ0v) is 29.0. The summed E-state index contributed by atoms with van der Waals surface area (Å²) in [7, 11) is -10.5. The fourth-order valence-corrected chi connectivity index (χ4v) is 9.71. The Bertz CT molecular complexity index is 2620. The van der Waals surface area contributed by atoms with Gasteiger partial charge in [-0.15, -0.1) is 4.73 Å². The molecule has 2 aliphatic carbocycles. The zero-order chi connectivity index (χ0) is 36.7. The Kier molecular flexibility index (Phi) is 6.72. The molecule has 0 radical (unpaired) electrons. The van der Waals surface area contributed by atoms with Gasteiger partial charge in [-0.1, -0.05) is 27.9 Å². The van der Waals surface area contributed by atoms with Gasteiger partial charge in [0, 0.05) is 23.2 Å². The number of alkyl halides is 4. The third-order valence-electron chi connectivity index (χ3n) is 10.9. The van der Waals surface area contributed by atoms with E-state index in [4.69, 9.17) is 8.47 Å². The number of rotatable bonds is 4. The number of H-pyrrole nitrogens is 1. The quantitative estimate of drug-likeness (QED) is 0.197. The average molecular weight is 773 g/mol. The number of aromatic amines is 1. The van der Waals surface area contributed by atoms with Crippen molar-refractivity contribution in [2.45, 2.75) is 56.0 Å². The first-order valence-corrected chi connectivity index (χ1v) is 19.5. The summed E-state index contributed by atoms with van der Waals surface area (Å²) in [5.41, 5.74) is -1.25. The number of nitrogens with zero attached hydrogens (tertiary/aromatic N) is 3. The molecule has 3 N–H and O–H groups in total. The Hall–Kier alpha value is -4.56. The van der Waals surface area contributed by atoms with Crippen LogP contribution < -0.4 is 19.1 Å². The van der Waals surface area contributed by atoms with Crippen molar-refractivity contribution in [2.24, 2.45) is 5.41 Å². The lowest BCUT2D eigenvalue weighted by molar-refractivity contribution is -0.225. The highest BCUT2D eigenvalue weighted by Gasteiger charge is 2.63. The van der Waals surface area contributed by atoms with E-state index in [-0.39, 0.29) is 50.7 Å². The zero-order valence-electron chi connectivity index (χ0n) is 27.3. The molecule has 0 amide bonds. The summed E-state index contributed by atoms with van der Waals surface area (Å²) in [5.74, 6) is -9.09. The number of benzene rings is 3.